The summed E-state index contributed by atoms with van der Waals surface area (Å²) in [6.07, 6.45) is 1.28. The van der Waals surface area contributed by atoms with E-state index in [-0.39, 0.29) is 29.8 Å². The molecule has 0 spiro atoms. The summed E-state index contributed by atoms with van der Waals surface area (Å²) in [6, 6.07) is 6.49. The molecule has 1 aliphatic rings. The molecule has 0 bridgehead atoms. The van der Waals surface area contributed by atoms with Crippen LogP contribution in [0.3, 0.4) is 0 Å². The predicted molar refractivity (Wildman–Crippen MR) is 108 cm³/mol. The van der Waals surface area contributed by atoms with Crippen molar-refractivity contribution < 1.29 is 22.9 Å². The van der Waals surface area contributed by atoms with Gasteiger partial charge in [0.25, 0.3) is 5.91 Å². The van der Waals surface area contributed by atoms with Crippen molar-refractivity contribution in [1.29, 1.82) is 0 Å². The van der Waals surface area contributed by atoms with Gasteiger partial charge in [-0.2, -0.15) is 0 Å². The summed E-state index contributed by atoms with van der Waals surface area (Å²) in [5, 5.41) is 19.2. The quantitative estimate of drug-likeness (QED) is 0.442. The molecule has 3 aromatic rings. The highest BCUT2D eigenvalue weighted by molar-refractivity contribution is 6.02. The molecule has 31 heavy (non-hydrogen) atoms. The van der Waals surface area contributed by atoms with Gasteiger partial charge in [0.15, 0.2) is 5.76 Å². The molecule has 1 fully saturated rings. The van der Waals surface area contributed by atoms with Gasteiger partial charge in [0, 0.05) is 24.7 Å². The number of aromatic nitrogens is 2. The largest absolute Gasteiger partial charge is 0.434 e. The summed E-state index contributed by atoms with van der Waals surface area (Å²) in [7, 11) is 0. The van der Waals surface area contributed by atoms with Gasteiger partial charge >= 0.3 is 11.6 Å². The van der Waals surface area contributed by atoms with Crippen LogP contribution in [0.5, 0.6) is 0 Å². The molecule has 2 aromatic heterocycles. The number of hydrogen-bond donors (Lipinski definition) is 2. The number of nitro groups is 1. The Bertz CT molecular complexity index is 1150. The highest BCUT2D eigenvalue weighted by atomic mass is 35.5. The van der Waals surface area contributed by atoms with E-state index in [1.165, 1.54) is 18.2 Å². The van der Waals surface area contributed by atoms with Gasteiger partial charge in [-0.15, -0.1) is 17.5 Å². The Hall–Kier alpha value is -3.67. The zero-order chi connectivity index (χ0) is 21.3. The lowest BCUT2D eigenvalue weighted by Gasteiger charge is -2.32. The maximum atomic E-state index is 14.6. The van der Waals surface area contributed by atoms with E-state index in [1.807, 2.05) is 4.90 Å². The lowest BCUT2D eigenvalue weighted by Crippen LogP contribution is -2.33. The second kappa shape index (κ2) is 9.00. The Balaban J connectivity index is 0.00000272. The third-order valence-corrected chi connectivity index (χ3v) is 4.84. The van der Waals surface area contributed by atoms with Crippen LogP contribution in [0.15, 0.2) is 44.0 Å². The van der Waals surface area contributed by atoms with Gasteiger partial charge in [0.1, 0.15) is 10.7 Å². The number of aromatic amines is 1. The number of hydrogen-bond acceptors (Lipinski definition) is 8. The van der Waals surface area contributed by atoms with Crippen LogP contribution in [0.2, 0.25) is 0 Å². The highest BCUT2D eigenvalue weighted by Crippen LogP contribution is 2.31. The number of halogens is 2. The van der Waals surface area contributed by atoms with Crippen LogP contribution in [0.25, 0.3) is 0 Å². The van der Waals surface area contributed by atoms with Crippen LogP contribution >= 0.6 is 12.4 Å². The monoisotopic (exact) mass is 453 g/mol. The molecule has 1 aliphatic heterocycles. The molecule has 4 rings (SSSR count). The molecule has 11 nitrogen and oxygen atoms in total. The normalized spacial score (nSPS) is 14.2. The van der Waals surface area contributed by atoms with Crippen molar-refractivity contribution in [3.8, 4) is 0 Å². The van der Waals surface area contributed by atoms with Gasteiger partial charge in [-0.3, -0.25) is 14.9 Å². The molecule has 1 aromatic carbocycles. The van der Waals surface area contributed by atoms with E-state index < -0.39 is 28.3 Å². The predicted octanol–water partition coefficient (Wildman–Crippen LogP) is 3.06. The van der Waals surface area contributed by atoms with Gasteiger partial charge in [0.05, 0.1) is 11.8 Å². The number of carbonyl (C=O) groups excluding carboxylic acids is 1. The molecule has 0 atom stereocenters. The van der Waals surface area contributed by atoms with Crippen molar-refractivity contribution in [3.05, 3.63) is 68.5 Å². The van der Waals surface area contributed by atoms with E-state index in [4.69, 9.17) is 8.83 Å². The second-order valence-electron chi connectivity index (χ2n) is 6.73. The van der Waals surface area contributed by atoms with E-state index in [0.29, 0.717) is 37.5 Å². The smallest absolute Gasteiger partial charge is 0.395 e. The fraction of sp³-hybridized carbons (Fsp3) is 0.278. The number of furan rings is 1. The van der Waals surface area contributed by atoms with Gasteiger partial charge in [-0.25, -0.2) is 14.3 Å². The molecule has 164 valence electrons. The minimum absolute atomic E-state index is 0. The van der Waals surface area contributed by atoms with Gasteiger partial charge in [-0.1, -0.05) is 0 Å². The summed E-state index contributed by atoms with van der Waals surface area (Å²) in [4.78, 5) is 34.9. The molecule has 2 N–H and O–H groups in total. The van der Waals surface area contributed by atoms with Crippen LogP contribution in [-0.4, -0.2) is 34.1 Å². The number of rotatable bonds is 5. The van der Waals surface area contributed by atoms with Gasteiger partial charge < -0.3 is 19.1 Å². The van der Waals surface area contributed by atoms with Crippen molar-refractivity contribution in [2.45, 2.75) is 18.8 Å². The summed E-state index contributed by atoms with van der Waals surface area (Å²) in [5.74, 6) is -2.31. The molecule has 0 aliphatic carbocycles. The average molecular weight is 454 g/mol. The van der Waals surface area contributed by atoms with E-state index in [2.05, 4.69) is 15.5 Å². The van der Waals surface area contributed by atoms with E-state index >= 15 is 0 Å². The van der Waals surface area contributed by atoms with Gasteiger partial charge in [0.2, 0.25) is 5.89 Å². The van der Waals surface area contributed by atoms with E-state index in [0.717, 1.165) is 6.07 Å². The molecule has 1 amide bonds. The molecular formula is C18H17ClFN5O6. The first-order valence-corrected chi connectivity index (χ1v) is 9.06. The van der Waals surface area contributed by atoms with Gasteiger partial charge in [-0.05, 0) is 37.1 Å². The highest BCUT2D eigenvalue weighted by Gasteiger charge is 2.26. The summed E-state index contributed by atoms with van der Waals surface area (Å²) >= 11 is 0. The third kappa shape index (κ3) is 4.74. The number of benzene rings is 1. The van der Waals surface area contributed by atoms with Crippen molar-refractivity contribution in [1.82, 2.24) is 10.2 Å². The number of anilines is 2. The molecule has 0 radical (unpaired) electrons. The topological polar surface area (TPSA) is 148 Å². The number of piperidine rings is 1. The minimum atomic E-state index is -0.756. The molecular weight excluding hydrogens is 437 g/mol. The number of H-pyrrole nitrogens is 1. The average Bonchev–Trinajstić information content (AvgIpc) is 3.38. The van der Waals surface area contributed by atoms with E-state index in [9.17, 15) is 24.1 Å². The molecule has 0 saturated carbocycles. The van der Waals surface area contributed by atoms with Crippen LogP contribution in [0.1, 0.15) is 35.2 Å². The van der Waals surface area contributed by atoms with Crippen molar-refractivity contribution in [3.63, 3.8) is 0 Å². The number of nitrogens with zero attached hydrogens (tertiary/aromatic N) is 3. The number of carbonyl (C=O) groups is 1. The SMILES string of the molecule is Cl.O=C(Nc1ccc(N2CCC(c3n[nH]c(=O)o3)CC2)c(F)c1)c1ccc([N+](=O)[O-])o1. The molecule has 0 unspecified atom stereocenters. The van der Waals surface area contributed by atoms with Crippen LogP contribution in [0, 0.1) is 15.9 Å². The first-order chi connectivity index (χ1) is 14.4. The lowest BCUT2D eigenvalue weighted by molar-refractivity contribution is -0.402. The summed E-state index contributed by atoms with van der Waals surface area (Å²) in [5.41, 5.74) is 0.567. The summed E-state index contributed by atoms with van der Waals surface area (Å²) in [6.45, 7) is 1.08. The maximum absolute atomic E-state index is 14.6. The second-order valence-corrected chi connectivity index (χ2v) is 6.73. The Morgan fingerprint density at radius 3 is 2.58 bits per heavy atom. The first kappa shape index (κ1) is 22.0. The fourth-order valence-electron chi connectivity index (χ4n) is 3.36. The van der Waals surface area contributed by atoms with Crippen molar-refractivity contribution in [2.24, 2.45) is 0 Å². The number of nitrogens with one attached hydrogen (secondary N) is 2. The minimum Gasteiger partial charge on any atom is -0.395 e. The Morgan fingerprint density at radius 1 is 1.26 bits per heavy atom. The summed E-state index contributed by atoms with van der Waals surface area (Å²) < 4.78 is 24.5. The van der Waals surface area contributed by atoms with Crippen LogP contribution in [-0.2, 0) is 0 Å². The lowest BCUT2D eigenvalue weighted by atomic mass is 9.96. The first-order valence-electron chi connectivity index (χ1n) is 9.06. The Kier molecular flexibility index (Phi) is 6.39. The zero-order valence-electron chi connectivity index (χ0n) is 15.9. The Labute approximate surface area is 179 Å². The zero-order valence-corrected chi connectivity index (χ0v) is 16.7. The molecule has 13 heteroatoms. The fourth-order valence-corrected chi connectivity index (χ4v) is 3.36. The Morgan fingerprint density at radius 2 is 2.00 bits per heavy atom. The van der Waals surface area contributed by atoms with Crippen LogP contribution in [0.4, 0.5) is 21.6 Å². The maximum Gasteiger partial charge on any atom is 0.434 e. The third-order valence-electron chi connectivity index (χ3n) is 4.84. The van der Waals surface area contributed by atoms with Crippen molar-refractivity contribution in [2.75, 3.05) is 23.3 Å². The molecule has 3 heterocycles. The molecule has 1 saturated heterocycles. The number of amides is 1. The van der Waals surface area contributed by atoms with E-state index in [1.54, 1.807) is 6.07 Å². The van der Waals surface area contributed by atoms with Crippen molar-refractivity contribution >= 4 is 35.6 Å². The standard InChI is InChI=1S/C18H16FN5O6.ClH/c19-12-9-11(20-16(25)14-3-4-15(29-14)24(27)28)1-2-13(12)23-7-5-10(6-8-23)17-21-22-18(26)30-17;/h1-4,9-10H,5-8H2,(H,20,25)(H,22,26);1H. The van der Waals surface area contributed by atoms with Crippen LogP contribution < -0.4 is 16.0 Å².